The molecular formula is C26H39N3O8. The molecule has 0 aromatic heterocycles. The van der Waals surface area contributed by atoms with E-state index < -0.39 is 29.6 Å². The molecule has 2 fully saturated rings. The molecule has 11 nitrogen and oxygen atoms in total. The highest BCUT2D eigenvalue weighted by atomic mass is 16.6. The molecule has 206 valence electrons. The predicted molar refractivity (Wildman–Crippen MR) is 135 cm³/mol. The summed E-state index contributed by atoms with van der Waals surface area (Å²) in [7, 11) is 4.74. The molecule has 3 rings (SSSR count). The van der Waals surface area contributed by atoms with E-state index in [1.54, 1.807) is 33.2 Å². The van der Waals surface area contributed by atoms with Crippen molar-refractivity contribution in [1.29, 1.82) is 0 Å². The molecule has 2 heterocycles. The van der Waals surface area contributed by atoms with Crippen molar-refractivity contribution >= 4 is 17.8 Å². The number of piperazine rings is 1. The maximum Gasteiger partial charge on any atom is 0.339 e. The van der Waals surface area contributed by atoms with Crippen molar-refractivity contribution in [3.8, 4) is 17.2 Å². The van der Waals surface area contributed by atoms with Gasteiger partial charge in [0.2, 0.25) is 17.3 Å². The lowest BCUT2D eigenvalue weighted by molar-refractivity contribution is -0.143. The number of nitrogens with one attached hydrogen (secondary N) is 1. The van der Waals surface area contributed by atoms with E-state index in [9.17, 15) is 19.5 Å². The van der Waals surface area contributed by atoms with E-state index in [0.29, 0.717) is 56.4 Å². The van der Waals surface area contributed by atoms with Crippen LogP contribution in [0.4, 0.5) is 0 Å². The molecule has 2 amide bonds. The molecule has 3 atom stereocenters. The number of methoxy groups -OCH3 is 3. The number of aliphatic carboxylic acids is 1. The van der Waals surface area contributed by atoms with E-state index in [1.807, 2.05) is 26.0 Å². The Morgan fingerprint density at radius 3 is 2.22 bits per heavy atom. The first-order chi connectivity index (χ1) is 17.6. The monoisotopic (exact) mass is 521 g/mol. The number of benzene rings is 1. The van der Waals surface area contributed by atoms with E-state index in [1.165, 1.54) is 0 Å². The van der Waals surface area contributed by atoms with Crippen LogP contribution in [-0.2, 0) is 25.7 Å². The SMILES string of the molecule is CC[C@@]1(C(=O)O)O[C@H]1C(=O)N[C@@H](CC(C)C)C(=O)N1CCN(Cc2ccc(OC)c(OC)c2OC)CC1. The van der Waals surface area contributed by atoms with Gasteiger partial charge in [-0.05, 0) is 24.8 Å². The van der Waals surface area contributed by atoms with E-state index in [-0.39, 0.29) is 18.2 Å². The van der Waals surface area contributed by atoms with Crippen molar-refractivity contribution in [2.75, 3.05) is 47.5 Å². The van der Waals surface area contributed by atoms with Crippen LogP contribution in [0.1, 0.15) is 39.2 Å². The number of hydrogen-bond donors (Lipinski definition) is 2. The first-order valence-corrected chi connectivity index (χ1v) is 12.6. The summed E-state index contributed by atoms with van der Waals surface area (Å²) in [6.45, 7) is 8.54. The fraction of sp³-hybridized carbons (Fsp3) is 0.654. The summed E-state index contributed by atoms with van der Waals surface area (Å²) in [5.41, 5.74) is -0.543. The molecule has 2 aliphatic rings. The average molecular weight is 522 g/mol. The van der Waals surface area contributed by atoms with Gasteiger partial charge in [0.05, 0.1) is 21.3 Å². The summed E-state index contributed by atoms with van der Waals surface area (Å²) < 4.78 is 21.7. The molecule has 11 heteroatoms. The highest BCUT2D eigenvalue weighted by Gasteiger charge is 2.65. The van der Waals surface area contributed by atoms with Gasteiger partial charge in [-0.3, -0.25) is 14.5 Å². The van der Waals surface area contributed by atoms with E-state index in [0.717, 1.165) is 5.56 Å². The van der Waals surface area contributed by atoms with Crippen LogP contribution in [0, 0.1) is 5.92 Å². The van der Waals surface area contributed by atoms with Crippen LogP contribution in [0.5, 0.6) is 17.2 Å². The molecule has 0 radical (unpaired) electrons. The Kier molecular flexibility index (Phi) is 9.25. The first kappa shape index (κ1) is 28.5. The van der Waals surface area contributed by atoms with Gasteiger partial charge in [0.15, 0.2) is 17.6 Å². The minimum atomic E-state index is -1.49. The fourth-order valence-corrected chi connectivity index (χ4v) is 4.84. The minimum absolute atomic E-state index is 0.156. The van der Waals surface area contributed by atoms with Gasteiger partial charge in [-0.25, -0.2) is 4.79 Å². The smallest absolute Gasteiger partial charge is 0.339 e. The van der Waals surface area contributed by atoms with Crippen LogP contribution in [0.2, 0.25) is 0 Å². The van der Waals surface area contributed by atoms with Gasteiger partial charge < -0.3 is 34.3 Å². The Morgan fingerprint density at radius 2 is 1.73 bits per heavy atom. The quantitative estimate of drug-likeness (QED) is 0.393. The van der Waals surface area contributed by atoms with E-state index >= 15 is 0 Å². The molecule has 2 aliphatic heterocycles. The molecule has 2 saturated heterocycles. The van der Waals surface area contributed by atoms with Crippen molar-refractivity contribution in [3.63, 3.8) is 0 Å². The molecular weight excluding hydrogens is 482 g/mol. The number of carbonyl (C=O) groups excluding carboxylic acids is 2. The Hall–Kier alpha value is -3.05. The van der Waals surface area contributed by atoms with Gasteiger partial charge in [-0.2, -0.15) is 0 Å². The maximum atomic E-state index is 13.4. The van der Waals surface area contributed by atoms with Gasteiger partial charge >= 0.3 is 5.97 Å². The van der Waals surface area contributed by atoms with Crippen molar-refractivity contribution in [2.24, 2.45) is 5.92 Å². The lowest BCUT2D eigenvalue weighted by Crippen LogP contribution is -2.55. The zero-order valence-electron chi connectivity index (χ0n) is 22.5. The summed E-state index contributed by atoms with van der Waals surface area (Å²) in [6, 6.07) is 3.05. The number of epoxide rings is 1. The zero-order chi connectivity index (χ0) is 27.3. The molecule has 0 bridgehead atoms. The third kappa shape index (κ3) is 6.10. The number of hydrogen-bond acceptors (Lipinski definition) is 8. The molecule has 0 spiro atoms. The van der Waals surface area contributed by atoms with E-state index in [4.69, 9.17) is 18.9 Å². The van der Waals surface area contributed by atoms with Crippen molar-refractivity contribution in [3.05, 3.63) is 17.7 Å². The highest BCUT2D eigenvalue weighted by Crippen LogP contribution is 2.41. The van der Waals surface area contributed by atoms with Crippen LogP contribution in [0.3, 0.4) is 0 Å². The summed E-state index contributed by atoms with van der Waals surface area (Å²) in [4.78, 5) is 41.7. The molecule has 1 aromatic carbocycles. The lowest BCUT2D eigenvalue weighted by Gasteiger charge is -2.37. The van der Waals surface area contributed by atoms with Crippen molar-refractivity contribution in [1.82, 2.24) is 15.1 Å². The number of ether oxygens (including phenoxy) is 4. The Morgan fingerprint density at radius 1 is 1.08 bits per heavy atom. The maximum absolute atomic E-state index is 13.4. The molecule has 0 unspecified atom stereocenters. The van der Waals surface area contributed by atoms with Gasteiger partial charge in [0.1, 0.15) is 6.04 Å². The minimum Gasteiger partial charge on any atom is -0.493 e. The molecule has 2 N–H and O–H groups in total. The van der Waals surface area contributed by atoms with Crippen LogP contribution in [0.15, 0.2) is 12.1 Å². The number of amides is 2. The predicted octanol–water partition coefficient (Wildman–Crippen LogP) is 1.52. The second-order valence-electron chi connectivity index (χ2n) is 9.83. The Labute approximate surface area is 218 Å². The summed E-state index contributed by atoms with van der Waals surface area (Å²) in [6.07, 6.45) is -0.450. The third-order valence-electron chi connectivity index (χ3n) is 7.01. The fourth-order valence-electron chi connectivity index (χ4n) is 4.84. The van der Waals surface area contributed by atoms with Gasteiger partial charge in [-0.15, -0.1) is 0 Å². The Bertz CT molecular complexity index is 992. The van der Waals surface area contributed by atoms with Crippen LogP contribution < -0.4 is 19.5 Å². The summed E-state index contributed by atoms with van der Waals surface area (Å²) in [5, 5.41) is 12.2. The summed E-state index contributed by atoms with van der Waals surface area (Å²) >= 11 is 0. The molecule has 0 aliphatic carbocycles. The topological polar surface area (TPSA) is 130 Å². The second kappa shape index (κ2) is 12.0. The van der Waals surface area contributed by atoms with Gasteiger partial charge in [0, 0.05) is 38.3 Å². The second-order valence-corrected chi connectivity index (χ2v) is 9.83. The highest BCUT2D eigenvalue weighted by molar-refractivity contribution is 5.97. The number of carboxylic acid groups (broad SMARTS) is 1. The standard InChI is InChI=1S/C26H39N3O8/c1-7-26(25(32)33)22(37-26)23(30)27-18(14-16(2)3)24(31)29-12-10-28(11-13-29)15-17-8-9-19(34-4)21(36-6)20(17)35-5/h8-9,16,18,22H,7,10-15H2,1-6H3,(H,27,30)(H,32,33)/t18-,22-,26+/m0/s1. The first-order valence-electron chi connectivity index (χ1n) is 12.6. The van der Waals surface area contributed by atoms with Gasteiger partial charge in [-0.1, -0.05) is 26.8 Å². The number of nitrogens with zero attached hydrogens (tertiary/aromatic N) is 2. The molecule has 37 heavy (non-hydrogen) atoms. The van der Waals surface area contributed by atoms with Crippen molar-refractivity contribution < 1.29 is 38.4 Å². The third-order valence-corrected chi connectivity index (χ3v) is 7.01. The Balaban J connectivity index is 1.62. The van der Waals surface area contributed by atoms with Gasteiger partial charge in [0.25, 0.3) is 5.91 Å². The van der Waals surface area contributed by atoms with E-state index in [2.05, 4.69) is 10.2 Å². The van der Waals surface area contributed by atoms with Crippen LogP contribution in [0.25, 0.3) is 0 Å². The number of rotatable bonds is 12. The van der Waals surface area contributed by atoms with Crippen LogP contribution >= 0.6 is 0 Å². The molecule has 1 aromatic rings. The molecule has 0 saturated carbocycles. The largest absolute Gasteiger partial charge is 0.493 e. The number of carbonyl (C=O) groups is 3. The summed E-state index contributed by atoms with van der Waals surface area (Å²) in [5.74, 6) is 0.0246. The number of carboxylic acids is 1. The average Bonchev–Trinajstić information content (AvgIpc) is 3.64. The normalized spacial score (nSPS) is 22.4. The zero-order valence-corrected chi connectivity index (χ0v) is 22.5. The lowest BCUT2D eigenvalue weighted by atomic mass is 9.99. The van der Waals surface area contributed by atoms with Crippen LogP contribution in [-0.4, -0.2) is 97.9 Å². The van der Waals surface area contributed by atoms with Crippen molar-refractivity contribution in [2.45, 2.75) is 57.9 Å².